The molecule has 0 aliphatic carbocycles. The Hall–Kier alpha value is -0.220. The van der Waals surface area contributed by atoms with Gasteiger partial charge in [-0.25, -0.2) is 0 Å². The zero-order chi connectivity index (χ0) is 13.1. The molecule has 0 rings (SSSR count). The lowest BCUT2D eigenvalue weighted by atomic mass is 10.2. The molecule has 0 aromatic heterocycles. The summed E-state index contributed by atoms with van der Waals surface area (Å²) in [6.07, 6.45) is -15.4. The van der Waals surface area contributed by atoms with Crippen LogP contribution in [0.15, 0.2) is 0 Å². The highest BCUT2D eigenvalue weighted by molar-refractivity contribution is 14.1. The van der Waals surface area contributed by atoms with Gasteiger partial charge in [-0.2, -0.15) is 26.3 Å². The van der Waals surface area contributed by atoms with E-state index in [0.717, 1.165) is 0 Å². The number of carbonyl (C=O) groups excluding carboxylic acids is 1. The van der Waals surface area contributed by atoms with E-state index in [0.29, 0.717) is 0 Å². The SMILES string of the molecule is CC(CI)C(=O)OC(C(F)(F)F)C(F)(F)F. The number of rotatable bonds is 3. The standard InChI is InChI=1S/C7H7F6IO2/c1-3(2-14)4(15)16-5(6(8,9)10)7(11,12)13/h3,5H,2H2,1H3. The van der Waals surface area contributed by atoms with Crippen LogP contribution in [0.3, 0.4) is 0 Å². The average molecular weight is 364 g/mol. The Morgan fingerprint density at radius 2 is 1.56 bits per heavy atom. The molecule has 0 aliphatic heterocycles. The Kier molecular flexibility index (Phi) is 5.33. The van der Waals surface area contributed by atoms with E-state index in [-0.39, 0.29) is 4.43 Å². The molecular formula is C7H7F6IO2. The molecule has 1 atom stereocenters. The molecule has 1 unspecified atom stereocenters. The molecule has 0 spiro atoms. The number of hydrogen-bond donors (Lipinski definition) is 0. The smallest absolute Gasteiger partial charge is 0.434 e. The molecule has 96 valence electrons. The van der Waals surface area contributed by atoms with Crippen molar-refractivity contribution in [3.63, 3.8) is 0 Å². The number of hydrogen-bond acceptors (Lipinski definition) is 2. The van der Waals surface area contributed by atoms with Crippen molar-refractivity contribution >= 4 is 28.6 Å². The Morgan fingerprint density at radius 1 is 1.19 bits per heavy atom. The van der Waals surface area contributed by atoms with Crippen molar-refractivity contribution < 1.29 is 35.9 Å². The van der Waals surface area contributed by atoms with E-state index in [1.807, 2.05) is 0 Å². The van der Waals surface area contributed by atoms with Crippen molar-refractivity contribution in [3.8, 4) is 0 Å². The number of esters is 1. The van der Waals surface area contributed by atoms with Crippen molar-refractivity contribution in [2.45, 2.75) is 25.4 Å². The number of ether oxygens (including phenoxy) is 1. The maximum atomic E-state index is 11.9. The van der Waals surface area contributed by atoms with E-state index >= 15 is 0 Å². The zero-order valence-corrected chi connectivity index (χ0v) is 9.98. The minimum atomic E-state index is -5.65. The van der Waals surface area contributed by atoms with Gasteiger partial charge in [0.05, 0.1) is 5.92 Å². The summed E-state index contributed by atoms with van der Waals surface area (Å²) in [7, 11) is 0. The molecule has 16 heavy (non-hydrogen) atoms. The van der Waals surface area contributed by atoms with E-state index in [4.69, 9.17) is 0 Å². The van der Waals surface area contributed by atoms with Crippen LogP contribution in [0.4, 0.5) is 26.3 Å². The summed E-state index contributed by atoms with van der Waals surface area (Å²) in [6.45, 7) is 1.18. The second kappa shape index (κ2) is 5.41. The fourth-order valence-corrected chi connectivity index (χ4v) is 0.974. The van der Waals surface area contributed by atoms with Crippen LogP contribution in [0.5, 0.6) is 0 Å². The van der Waals surface area contributed by atoms with Gasteiger partial charge < -0.3 is 4.74 Å². The number of halogens is 7. The van der Waals surface area contributed by atoms with Crippen molar-refractivity contribution in [3.05, 3.63) is 0 Å². The van der Waals surface area contributed by atoms with Crippen LogP contribution in [0, 0.1) is 5.92 Å². The predicted molar refractivity (Wildman–Crippen MR) is 50.0 cm³/mol. The van der Waals surface area contributed by atoms with Crippen molar-refractivity contribution in [2.75, 3.05) is 4.43 Å². The summed E-state index contributed by atoms with van der Waals surface area (Å²) in [4.78, 5) is 10.9. The van der Waals surface area contributed by atoms with Gasteiger partial charge in [0.15, 0.2) is 0 Å². The van der Waals surface area contributed by atoms with Gasteiger partial charge in [0.1, 0.15) is 0 Å². The van der Waals surface area contributed by atoms with Crippen LogP contribution in [0.2, 0.25) is 0 Å². The summed E-state index contributed by atoms with van der Waals surface area (Å²) >= 11 is 1.65. The molecule has 2 nitrogen and oxygen atoms in total. The van der Waals surface area contributed by atoms with E-state index < -0.39 is 30.3 Å². The Labute approximate surface area is 100 Å². The first-order valence-electron chi connectivity index (χ1n) is 3.90. The molecule has 0 fully saturated rings. The maximum Gasteiger partial charge on any atom is 0.434 e. The van der Waals surface area contributed by atoms with Crippen LogP contribution < -0.4 is 0 Å². The molecule has 0 saturated heterocycles. The lowest BCUT2D eigenvalue weighted by Gasteiger charge is -2.23. The van der Waals surface area contributed by atoms with E-state index in [2.05, 4.69) is 4.74 Å². The lowest BCUT2D eigenvalue weighted by molar-refractivity contribution is -0.314. The van der Waals surface area contributed by atoms with Gasteiger partial charge >= 0.3 is 18.3 Å². The van der Waals surface area contributed by atoms with Gasteiger partial charge in [-0.1, -0.05) is 29.5 Å². The van der Waals surface area contributed by atoms with E-state index in [1.54, 1.807) is 22.6 Å². The van der Waals surface area contributed by atoms with E-state index in [1.165, 1.54) is 6.92 Å². The summed E-state index contributed by atoms with van der Waals surface area (Å²) in [5.41, 5.74) is 0. The second-order valence-electron chi connectivity index (χ2n) is 2.96. The van der Waals surface area contributed by atoms with Gasteiger partial charge in [-0.3, -0.25) is 4.79 Å². The number of carbonyl (C=O) groups is 1. The lowest BCUT2D eigenvalue weighted by Crippen LogP contribution is -2.46. The molecule has 0 aromatic carbocycles. The van der Waals surface area contributed by atoms with Crippen molar-refractivity contribution in [1.82, 2.24) is 0 Å². The highest BCUT2D eigenvalue weighted by atomic mass is 127. The van der Waals surface area contributed by atoms with Gasteiger partial charge in [-0.15, -0.1) is 0 Å². The summed E-state index contributed by atoms with van der Waals surface area (Å²) in [5.74, 6) is -2.54. The van der Waals surface area contributed by atoms with Crippen molar-refractivity contribution in [1.29, 1.82) is 0 Å². The molecular weight excluding hydrogens is 357 g/mol. The quantitative estimate of drug-likeness (QED) is 0.333. The highest BCUT2D eigenvalue weighted by Gasteiger charge is 2.60. The fraction of sp³-hybridized carbons (Fsp3) is 0.857. The minimum absolute atomic E-state index is 0.0685. The third kappa shape index (κ3) is 4.74. The highest BCUT2D eigenvalue weighted by Crippen LogP contribution is 2.36. The van der Waals surface area contributed by atoms with Crippen LogP contribution >= 0.6 is 22.6 Å². The average Bonchev–Trinajstić information content (AvgIpc) is 2.08. The number of alkyl halides is 7. The van der Waals surface area contributed by atoms with Crippen LogP contribution in [-0.2, 0) is 9.53 Å². The maximum absolute atomic E-state index is 11.9. The molecule has 0 saturated carbocycles. The topological polar surface area (TPSA) is 26.3 Å². The molecule has 0 aliphatic rings. The first-order valence-corrected chi connectivity index (χ1v) is 5.42. The van der Waals surface area contributed by atoms with Crippen LogP contribution in [-0.4, -0.2) is 28.9 Å². The van der Waals surface area contributed by atoms with Gasteiger partial charge in [-0.05, 0) is 0 Å². The van der Waals surface area contributed by atoms with Gasteiger partial charge in [0, 0.05) is 4.43 Å². The third-order valence-corrected chi connectivity index (χ3v) is 2.78. The largest absolute Gasteiger partial charge is 0.443 e. The molecule has 0 radical (unpaired) electrons. The minimum Gasteiger partial charge on any atom is -0.443 e. The first kappa shape index (κ1) is 15.8. The fourth-order valence-electron chi connectivity index (χ4n) is 0.615. The Bertz CT molecular complexity index is 234. The molecule has 0 N–H and O–H groups in total. The first-order chi connectivity index (χ1) is 7.00. The van der Waals surface area contributed by atoms with Crippen LogP contribution in [0.1, 0.15) is 6.92 Å². The molecule has 0 amide bonds. The zero-order valence-electron chi connectivity index (χ0n) is 7.82. The summed E-state index contributed by atoms with van der Waals surface area (Å²) < 4.78 is 75.2. The van der Waals surface area contributed by atoms with Crippen LogP contribution in [0.25, 0.3) is 0 Å². The molecule has 0 aromatic rings. The van der Waals surface area contributed by atoms with Gasteiger partial charge in [0.25, 0.3) is 6.10 Å². The van der Waals surface area contributed by atoms with E-state index in [9.17, 15) is 31.1 Å². The molecule has 0 bridgehead atoms. The normalized spacial score (nSPS) is 15.1. The summed E-state index contributed by atoms with van der Waals surface area (Å²) in [5, 5.41) is 0. The molecule has 0 heterocycles. The monoisotopic (exact) mass is 364 g/mol. The predicted octanol–water partition coefficient (Wildman–Crippen LogP) is 3.09. The second-order valence-corrected chi connectivity index (χ2v) is 3.84. The Balaban J connectivity index is 4.78. The third-order valence-electron chi connectivity index (χ3n) is 1.46. The Morgan fingerprint density at radius 3 is 1.81 bits per heavy atom. The summed E-state index contributed by atoms with van der Waals surface area (Å²) in [6, 6.07) is 0. The molecule has 9 heteroatoms. The van der Waals surface area contributed by atoms with Gasteiger partial charge in [0.2, 0.25) is 0 Å². The van der Waals surface area contributed by atoms with Crippen molar-refractivity contribution in [2.24, 2.45) is 5.92 Å².